The van der Waals surface area contributed by atoms with E-state index in [1.807, 2.05) is 6.92 Å². The summed E-state index contributed by atoms with van der Waals surface area (Å²) in [5.74, 6) is -0.734. The van der Waals surface area contributed by atoms with Crippen LogP contribution < -0.4 is 0 Å². The number of hydrogen-bond donors (Lipinski definition) is 3. The number of halogens is 1. The fourth-order valence-electron chi connectivity index (χ4n) is 3.00. The third-order valence-corrected chi connectivity index (χ3v) is 4.27. The monoisotopic (exact) mass is 311 g/mol. The molecule has 0 spiro atoms. The van der Waals surface area contributed by atoms with Crippen LogP contribution in [0.4, 0.5) is 4.39 Å². The zero-order chi connectivity index (χ0) is 16.5. The third-order valence-electron chi connectivity index (χ3n) is 4.27. The van der Waals surface area contributed by atoms with Crippen molar-refractivity contribution in [3.05, 3.63) is 35.6 Å². The zero-order valence-electron chi connectivity index (χ0n) is 13.2. The second-order valence-corrected chi connectivity index (χ2v) is 5.53. The van der Waals surface area contributed by atoms with Gasteiger partial charge in [-0.1, -0.05) is 12.1 Å². The molecular formula is C17H26FNO3. The molecule has 5 heteroatoms. The van der Waals surface area contributed by atoms with Crippen molar-refractivity contribution in [1.82, 2.24) is 0 Å². The average molecular weight is 311 g/mol. The maximum Gasteiger partial charge on any atom is 0.123 e. The first kappa shape index (κ1) is 18.7. The molecule has 0 bridgehead atoms. The van der Waals surface area contributed by atoms with Gasteiger partial charge in [0.2, 0.25) is 0 Å². The van der Waals surface area contributed by atoms with Gasteiger partial charge < -0.3 is 20.3 Å². The molecule has 0 heterocycles. The van der Waals surface area contributed by atoms with Gasteiger partial charge in [0.15, 0.2) is 0 Å². The lowest BCUT2D eigenvalue weighted by Crippen LogP contribution is -2.39. The molecule has 0 radical (unpaired) electrons. The summed E-state index contributed by atoms with van der Waals surface area (Å²) < 4.78 is 12.9. The highest BCUT2D eigenvalue weighted by Gasteiger charge is 2.38. The van der Waals surface area contributed by atoms with E-state index >= 15 is 0 Å². The highest BCUT2D eigenvalue weighted by Crippen LogP contribution is 2.41. The van der Waals surface area contributed by atoms with Gasteiger partial charge in [-0.25, -0.2) is 4.39 Å². The lowest BCUT2D eigenvalue weighted by molar-refractivity contribution is -0.00267. The Kier molecular flexibility index (Phi) is 8.24. The second kappa shape index (κ2) is 9.66. The van der Waals surface area contributed by atoms with E-state index in [-0.39, 0.29) is 36.8 Å². The van der Waals surface area contributed by atoms with Gasteiger partial charge >= 0.3 is 0 Å². The van der Waals surface area contributed by atoms with E-state index < -0.39 is 6.10 Å². The fraction of sp³-hybridized carbons (Fsp3) is 0.588. The molecule has 0 unspecified atom stereocenters. The Morgan fingerprint density at radius 3 is 2.23 bits per heavy atom. The summed E-state index contributed by atoms with van der Waals surface area (Å²) in [7, 11) is 1.75. The van der Waals surface area contributed by atoms with Crippen molar-refractivity contribution < 1.29 is 19.7 Å². The van der Waals surface area contributed by atoms with E-state index in [9.17, 15) is 19.7 Å². The van der Waals surface area contributed by atoms with Gasteiger partial charge in [-0.3, -0.25) is 0 Å². The summed E-state index contributed by atoms with van der Waals surface area (Å²) >= 11 is 0. The molecule has 124 valence electrons. The molecule has 4 nitrogen and oxygen atoms in total. The smallest absolute Gasteiger partial charge is 0.123 e. The van der Waals surface area contributed by atoms with Crippen molar-refractivity contribution in [3.63, 3.8) is 0 Å². The summed E-state index contributed by atoms with van der Waals surface area (Å²) in [4.78, 5) is 3.61. The zero-order valence-corrected chi connectivity index (χ0v) is 13.2. The molecule has 1 aliphatic rings. The van der Waals surface area contributed by atoms with E-state index in [4.69, 9.17) is 0 Å². The van der Waals surface area contributed by atoms with Gasteiger partial charge in [-0.05, 0) is 55.5 Å². The average Bonchev–Trinajstić information content (AvgIpc) is 2.55. The van der Waals surface area contributed by atoms with Crippen molar-refractivity contribution >= 4 is 6.21 Å². The minimum absolute atomic E-state index is 0.00606. The molecule has 3 N–H and O–H groups in total. The standard InChI is InChI=1S/C14H19FO3.C3H7N/c15-11-4-1-9(2-5-11)14-12(8-17)10(7-16)3-6-13(14)18;1-3-4-2/h1-2,4-5,10,12-14,16-18H,3,6-8H2;3H,1-2H3/t10-,12-,13+,14+;/m1./s1. The van der Waals surface area contributed by atoms with Crippen LogP contribution in [-0.4, -0.2) is 47.9 Å². The quantitative estimate of drug-likeness (QED) is 0.748. The Hall–Kier alpha value is -1.30. The van der Waals surface area contributed by atoms with Crippen molar-refractivity contribution in [3.8, 4) is 0 Å². The first-order valence-corrected chi connectivity index (χ1v) is 7.61. The Morgan fingerprint density at radius 1 is 1.18 bits per heavy atom. The Balaban J connectivity index is 0.000000541. The second-order valence-electron chi connectivity index (χ2n) is 5.53. The van der Waals surface area contributed by atoms with Gasteiger partial charge in [0.1, 0.15) is 5.82 Å². The number of aliphatic hydroxyl groups excluding tert-OH is 3. The summed E-state index contributed by atoms with van der Waals surface area (Å²) in [6.45, 7) is 1.82. The summed E-state index contributed by atoms with van der Waals surface area (Å²) in [6.07, 6.45) is 2.51. The molecule has 1 aliphatic carbocycles. The molecule has 1 fully saturated rings. The van der Waals surface area contributed by atoms with Crippen LogP contribution >= 0.6 is 0 Å². The summed E-state index contributed by atoms with van der Waals surface area (Å²) in [5.41, 5.74) is 0.820. The van der Waals surface area contributed by atoms with Crippen molar-refractivity contribution in [2.45, 2.75) is 31.8 Å². The molecule has 22 heavy (non-hydrogen) atoms. The fourth-order valence-corrected chi connectivity index (χ4v) is 3.00. The molecular weight excluding hydrogens is 285 g/mol. The Morgan fingerprint density at radius 2 is 1.77 bits per heavy atom. The van der Waals surface area contributed by atoms with E-state index in [2.05, 4.69) is 4.99 Å². The molecule has 1 saturated carbocycles. The van der Waals surface area contributed by atoms with Gasteiger partial charge in [0.25, 0.3) is 0 Å². The van der Waals surface area contributed by atoms with Crippen molar-refractivity contribution in [1.29, 1.82) is 0 Å². The minimum Gasteiger partial charge on any atom is -0.396 e. The van der Waals surface area contributed by atoms with Crippen LogP contribution in [0.5, 0.6) is 0 Å². The first-order valence-electron chi connectivity index (χ1n) is 7.61. The number of benzene rings is 1. The molecule has 0 aromatic heterocycles. The number of hydrogen-bond acceptors (Lipinski definition) is 4. The van der Waals surface area contributed by atoms with Crippen molar-refractivity contribution in [2.75, 3.05) is 20.3 Å². The Bertz CT molecular complexity index is 446. The molecule has 1 aromatic carbocycles. The van der Waals surface area contributed by atoms with E-state index in [0.29, 0.717) is 12.8 Å². The van der Waals surface area contributed by atoms with Gasteiger partial charge in [0.05, 0.1) is 6.10 Å². The first-order chi connectivity index (χ1) is 10.6. The Labute approximate surface area is 131 Å². The largest absolute Gasteiger partial charge is 0.396 e. The van der Waals surface area contributed by atoms with E-state index in [1.165, 1.54) is 12.1 Å². The molecule has 4 atom stereocenters. The van der Waals surface area contributed by atoms with Crippen LogP contribution in [0.1, 0.15) is 31.2 Å². The van der Waals surface area contributed by atoms with Crippen LogP contribution in [0, 0.1) is 17.7 Å². The summed E-state index contributed by atoms with van der Waals surface area (Å²) in [6, 6.07) is 6.01. The predicted molar refractivity (Wildman–Crippen MR) is 85.6 cm³/mol. The lowest BCUT2D eigenvalue weighted by atomic mass is 9.68. The highest BCUT2D eigenvalue weighted by molar-refractivity contribution is 5.52. The van der Waals surface area contributed by atoms with Crippen LogP contribution in [-0.2, 0) is 0 Å². The normalized spacial score (nSPS) is 28.3. The molecule has 0 aliphatic heterocycles. The van der Waals surface area contributed by atoms with Crippen LogP contribution in [0.15, 0.2) is 29.3 Å². The summed E-state index contributed by atoms with van der Waals surface area (Å²) in [5, 5.41) is 29.0. The van der Waals surface area contributed by atoms with Crippen molar-refractivity contribution in [2.24, 2.45) is 16.8 Å². The molecule has 2 rings (SSSR count). The number of nitrogens with zero attached hydrogens (tertiary/aromatic N) is 1. The van der Waals surface area contributed by atoms with Crippen LogP contribution in [0.3, 0.4) is 0 Å². The van der Waals surface area contributed by atoms with Gasteiger partial charge in [-0.15, -0.1) is 0 Å². The maximum absolute atomic E-state index is 12.9. The third kappa shape index (κ3) is 4.87. The van der Waals surface area contributed by atoms with E-state index in [1.54, 1.807) is 25.4 Å². The lowest BCUT2D eigenvalue weighted by Gasteiger charge is -2.40. The topological polar surface area (TPSA) is 73.1 Å². The number of aliphatic hydroxyl groups is 3. The van der Waals surface area contributed by atoms with Crippen LogP contribution in [0.2, 0.25) is 0 Å². The molecule has 1 aromatic rings. The van der Waals surface area contributed by atoms with Crippen LogP contribution in [0.25, 0.3) is 0 Å². The minimum atomic E-state index is -0.546. The number of rotatable bonds is 3. The maximum atomic E-state index is 12.9. The highest BCUT2D eigenvalue weighted by atomic mass is 19.1. The van der Waals surface area contributed by atoms with Gasteiger partial charge in [-0.2, -0.15) is 0 Å². The SMILES string of the molecule is CC=NC.OC[C@H]1CC[C@H](O)[C@@H](c2ccc(F)cc2)[C@@H]1CO. The molecule has 0 amide bonds. The van der Waals surface area contributed by atoms with E-state index in [0.717, 1.165) is 5.56 Å². The number of aliphatic imine (C=N–C) groups is 1. The van der Waals surface area contributed by atoms with Gasteiger partial charge in [0, 0.05) is 26.2 Å². The predicted octanol–water partition coefficient (Wildman–Crippen LogP) is 1.99. The molecule has 0 saturated heterocycles.